The summed E-state index contributed by atoms with van der Waals surface area (Å²) in [6.45, 7) is 5.08. The zero-order chi connectivity index (χ0) is 22.2. The molecule has 2 aromatic heterocycles. The lowest BCUT2D eigenvalue weighted by Gasteiger charge is -2.40. The van der Waals surface area contributed by atoms with Gasteiger partial charge in [0.15, 0.2) is 0 Å². The highest BCUT2D eigenvalue weighted by molar-refractivity contribution is 6.03. The molecule has 0 saturated carbocycles. The van der Waals surface area contributed by atoms with E-state index in [1.54, 1.807) is 40.5 Å². The van der Waals surface area contributed by atoms with Gasteiger partial charge in [-0.1, -0.05) is 6.07 Å². The summed E-state index contributed by atoms with van der Waals surface area (Å²) in [7, 11) is 0. The number of pyridine rings is 1. The fourth-order valence-electron chi connectivity index (χ4n) is 4.08. The van der Waals surface area contributed by atoms with Crippen LogP contribution >= 0.6 is 0 Å². The van der Waals surface area contributed by atoms with E-state index >= 15 is 0 Å². The van der Waals surface area contributed by atoms with Crippen LogP contribution in [0, 0.1) is 0 Å². The van der Waals surface area contributed by atoms with Crippen molar-refractivity contribution in [3.8, 4) is 16.9 Å². The van der Waals surface area contributed by atoms with Gasteiger partial charge in [0.2, 0.25) is 5.91 Å². The van der Waals surface area contributed by atoms with Gasteiger partial charge in [0.1, 0.15) is 5.75 Å². The molecule has 0 radical (unpaired) electrons. The summed E-state index contributed by atoms with van der Waals surface area (Å²) in [5, 5.41) is 4.45. The number of anilines is 2. The molecule has 1 unspecified atom stereocenters. The highest BCUT2D eigenvalue weighted by Gasteiger charge is 2.35. The second-order valence-corrected chi connectivity index (χ2v) is 8.00. The number of carbonyl (C=O) groups excluding carboxylic acids is 2. The van der Waals surface area contributed by atoms with Gasteiger partial charge in [0, 0.05) is 37.6 Å². The predicted molar refractivity (Wildman–Crippen MR) is 118 cm³/mol. The van der Waals surface area contributed by atoms with Gasteiger partial charge < -0.3 is 14.4 Å². The van der Waals surface area contributed by atoms with Crippen molar-refractivity contribution < 1.29 is 19.1 Å². The summed E-state index contributed by atoms with van der Waals surface area (Å²) >= 11 is 0. The Morgan fingerprint density at radius 2 is 1.88 bits per heavy atom. The third-order valence-corrected chi connectivity index (χ3v) is 5.76. The molecule has 3 aromatic rings. The zero-order valence-electron chi connectivity index (χ0n) is 17.8. The van der Waals surface area contributed by atoms with Gasteiger partial charge in [-0.3, -0.25) is 19.4 Å². The average Bonchev–Trinajstić information content (AvgIpc) is 3.21. The molecule has 32 heavy (non-hydrogen) atoms. The maximum absolute atomic E-state index is 13.1. The lowest BCUT2D eigenvalue weighted by atomic mass is 10.0. The van der Waals surface area contributed by atoms with Crippen molar-refractivity contribution in [3.63, 3.8) is 0 Å². The van der Waals surface area contributed by atoms with Crippen LogP contribution in [0.25, 0.3) is 11.1 Å². The van der Waals surface area contributed by atoms with Gasteiger partial charge in [0.25, 0.3) is 0 Å². The molecule has 0 N–H and O–H groups in total. The van der Waals surface area contributed by atoms with Gasteiger partial charge in [-0.05, 0) is 36.8 Å². The Hall–Kier alpha value is -3.72. The van der Waals surface area contributed by atoms with Crippen molar-refractivity contribution in [1.29, 1.82) is 0 Å². The van der Waals surface area contributed by atoms with Crippen molar-refractivity contribution in [2.45, 2.75) is 25.9 Å². The van der Waals surface area contributed by atoms with Gasteiger partial charge in [-0.2, -0.15) is 5.10 Å². The predicted octanol–water partition coefficient (Wildman–Crippen LogP) is 3.28. The molecule has 1 atom stereocenters. The number of benzene rings is 1. The molecule has 1 aromatic carbocycles. The van der Waals surface area contributed by atoms with E-state index in [4.69, 9.17) is 9.47 Å². The SMILES string of the molecule is CC(=O)N1c2ccc(-c3cnn(C4COC4)c3)cc2N(C(=O)Oc2ccncc2)CC1C. The van der Waals surface area contributed by atoms with E-state index in [1.807, 2.05) is 36.0 Å². The molecule has 5 rings (SSSR count). The number of nitrogens with zero attached hydrogens (tertiary/aromatic N) is 5. The van der Waals surface area contributed by atoms with Crippen molar-refractivity contribution in [3.05, 3.63) is 55.1 Å². The normalized spacial score (nSPS) is 18.1. The summed E-state index contributed by atoms with van der Waals surface area (Å²) in [5.41, 5.74) is 3.12. The van der Waals surface area contributed by atoms with Crippen LogP contribution in [0.4, 0.5) is 16.2 Å². The Balaban J connectivity index is 1.51. The Morgan fingerprint density at radius 1 is 1.09 bits per heavy atom. The maximum atomic E-state index is 13.1. The molecule has 9 heteroatoms. The maximum Gasteiger partial charge on any atom is 0.419 e. The van der Waals surface area contributed by atoms with Gasteiger partial charge in [-0.15, -0.1) is 0 Å². The Kier molecular flexibility index (Phi) is 5.10. The van der Waals surface area contributed by atoms with Gasteiger partial charge in [-0.25, -0.2) is 4.79 Å². The third kappa shape index (κ3) is 3.60. The summed E-state index contributed by atoms with van der Waals surface area (Å²) in [6.07, 6.45) is 6.40. The molecular weight excluding hydrogens is 410 g/mol. The fraction of sp³-hybridized carbons (Fsp3) is 0.304. The monoisotopic (exact) mass is 433 g/mol. The number of fused-ring (bicyclic) bond motifs is 1. The minimum atomic E-state index is -0.507. The smallest absolute Gasteiger partial charge is 0.410 e. The van der Waals surface area contributed by atoms with E-state index < -0.39 is 6.09 Å². The molecule has 0 spiro atoms. The first kappa shape index (κ1) is 20.2. The molecule has 4 heterocycles. The Morgan fingerprint density at radius 3 is 2.56 bits per heavy atom. The van der Waals surface area contributed by atoms with Crippen LogP contribution in [-0.4, -0.2) is 52.6 Å². The molecule has 0 aliphatic carbocycles. The Labute approximate surface area is 185 Å². The summed E-state index contributed by atoms with van der Waals surface area (Å²) in [6, 6.07) is 9.03. The highest BCUT2D eigenvalue weighted by Crippen LogP contribution is 2.39. The number of rotatable bonds is 3. The van der Waals surface area contributed by atoms with E-state index in [-0.39, 0.29) is 18.0 Å². The quantitative estimate of drug-likeness (QED) is 0.630. The molecule has 1 saturated heterocycles. The van der Waals surface area contributed by atoms with Crippen LogP contribution in [0.1, 0.15) is 19.9 Å². The third-order valence-electron chi connectivity index (χ3n) is 5.76. The average molecular weight is 433 g/mol. The van der Waals surface area contributed by atoms with Crippen molar-refractivity contribution in [2.24, 2.45) is 0 Å². The van der Waals surface area contributed by atoms with Gasteiger partial charge >= 0.3 is 6.09 Å². The minimum Gasteiger partial charge on any atom is -0.410 e. The first-order chi connectivity index (χ1) is 15.5. The second-order valence-electron chi connectivity index (χ2n) is 8.00. The first-order valence-corrected chi connectivity index (χ1v) is 10.5. The summed E-state index contributed by atoms with van der Waals surface area (Å²) in [5.74, 6) is 0.333. The molecule has 9 nitrogen and oxygen atoms in total. The lowest BCUT2D eigenvalue weighted by Crippen LogP contribution is -2.52. The standard InChI is InChI=1S/C23H23N5O4/c1-15-11-26(23(30)32-20-5-7-24-8-6-20)22-9-17(3-4-21(22)28(15)16(2)29)18-10-25-27(12-18)19-13-31-14-19/h3-10,12,15,19H,11,13-14H2,1-2H3. The lowest BCUT2D eigenvalue weighted by molar-refractivity contribution is -0.117. The topological polar surface area (TPSA) is 89.8 Å². The first-order valence-electron chi connectivity index (χ1n) is 10.5. The molecule has 2 aliphatic heterocycles. The van der Waals surface area contributed by atoms with E-state index in [0.717, 1.165) is 11.1 Å². The van der Waals surface area contributed by atoms with Crippen LogP contribution in [-0.2, 0) is 9.53 Å². The van der Waals surface area contributed by atoms with Crippen molar-refractivity contribution in [2.75, 3.05) is 29.6 Å². The molecule has 1 fully saturated rings. The van der Waals surface area contributed by atoms with E-state index in [1.165, 1.54) is 6.92 Å². The second kappa shape index (κ2) is 8.08. The van der Waals surface area contributed by atoms with Crippen LogP contribution in [0.5, 0.6) is 5.75 Å². The van der Waals surface area contributed by atoms with Crippen LogP contribution in [0.3, 0.4) is 0 Å². The minimum absolute atomic E-state index is 0.0774. The number of hydrogen-bond acceptors (Lipinski definition) is 6. The largest absolute Gasteiger partial charge is 0.419 e. The number of ether oxygens (including phenoxy) is 2. The van der Waals surface area contributed by atoms with Crippen molar-refractivity contribution >= 4 is 23.4 Å². The summed E-state index contributed by atoms with van der Waals surface area (Å²) in [4.78, 5) is 32.7. The molecule has 0 bridgehead atoms. The molecule has 2 amide bonds. The number of hydrogen-bond donors (Lipinski definition) is 0. The van der Waals surface area contributed by atoms with Gasteiger partial charge in [0.05, 0.1) is 42.9 Å². The Bertz CT molecular complexity index is 1160. The van der Waals surface area contributed by atoms with Crippen molar-refractivity contribution in [1.82, 2.24) is 14.8 Å². The van der Waals surface area contributed by atoms with Crippen LogP contribution in [0.15, 0.2) is 55.1 Å². The van der Waals surface area contributed by atoms with E-state index in [2.05, 4.69) is 10.1 Å². The molecular formula is C23H23N5O4. The van der Waals surface area contributed by atoms with Crippen LogP contribution < -0.4 is 14.5 Å². The fourth-order valence-corrected chi connectivity index (χ4v) is 4.08. The summed E-state index contributed by atoms with van der Waals surface area (Å²) < 4.78 is 12.7. The zero-order valence-corrected chi connectivity index (χ0v) is 17.8. The number of carbonyl (C=O) groups is 2. The van der Waals surface area contributed by atoms with E-state index in [9.17, 15) is 9.59 Å². The molecule has 164 valence electrons. The molecule has 2 aliphatic rings. The van der Waals surface area contributed by atoms with Crippen LogP contribution in [0.2, 0.25) is 0 Å². The number of aromatic nitrogens is 3. The highest BCUT2D eigenvalue weighted by atomic mass is 16.6. The number of amides is 2. The van der Waals surface area contributed by atoms with E-state index in [0.29, 0.717) is 36.9 Å².